The van der Waals surface area contributed by atoms with Crippen molar-refractivity contribution in [2.45, 2.75) is 19.3 Å². The summed E-state index contributed by atoms with van der Waals surface area (Å²) >= 11 is 5.91. The Balaban J connectivity index is 3.14. The first-order chi connectivity index (χ1) is 6.19. The fourth-order valence-electron chi connectivity index (χ4n) is 1.36. The van der Waals surface area contributed by atoms with Crippen LogP contribution in [0.3, 0.4) is 0 Å². The average molecular weight is 194 g/mol. The van der Waals surface area contributed by atoms with Gasteiger partial charge in [0.25, 0.3) is 0 Å². The van der Waals surface area contributed by atoms with E-state index in [2.05, 4.69) is 26.5 Å². The lowest BCUT2D eigenvalue weighted by atomic mass is 9.94. The van der Waals surface area contributed by atoms with Crippen molar-refractivity contribution >= 4 is 11.6 Å². The molecule has 0 N–H and O–H groups in total. The van der Waals surface area contributed by atoms with Crippen LogP contribution < -0.4 is 0 Å². The minimum atomic E-state index is 0.133. The van der Waals surface area contributed by atoms with Gasteiger partial charge in [-0.3, -0.25) is 0 Å². The van der Waals surface area contributed by atoms with Crippen molar-refractivity contribution in [2.24, 2.45) is 0 Å². The first-order valence-electron chi connectivity index (χ1n) is 4.43. The lowest BCUT2D eigenvalue weighted by molar-refractivity contribution is 1.01. The highest BCUT2D eigenvalue weighted by Gasteiger charge is 2.06. The summed E-state index contributed by atoms with van der Waals surface area (Å²) < 4.78 is 0. The SMILES string of the molecule is [CH2]C(C=C)c1cc(Cl)ccc1CC. The van der Waals surface area contributed by atoms with Gasteiger partial charge in [0.2, 0.25) is 0 Å². The van der Waals surface area contributed by atoms with Crippen LogP contribution in [0.1, 0.15) is 24.0 Å². The van der Waals surface area contributed by atoms with Crippen molar-refractivity contribution in [3.05, 3.63) is 53.9 Å². The molecule has 1 unspecified atom stereocenters. The van der Waals surface area contributed by atoms with Crippen LogP contribution in [0.4, 0.5) is 0 Å². The zero-order valence-electron chi connectivity index (χ0n) is 7.89. The van der Waals surface area contributed by atoms with Gasteiger partial charge in [0.1, 0.15) is 0 Å². The number of hydrogen-bond donors (Lipinski definition) is 0. The number of benzene rings is 1. The third kappa shape index (κ3) is 2.35. The van der Waals surface area contributed by atoms with Crippen LogP contribution in [0.5, 0.6) is 0 Å². The van der Waals surface area contributed by atoms with Gasteiger partial charge >= 0.3 is 0 Å². The minimum absolute atomic E-state index is 0.133. The Kier molecular flexibility index (Phi) is 3.56. The number of allylic oxidation sites excluding steroid dienone is 1. The fourth-order valence-corrected chi connectivity index (χ4v) is 1.54. The summed E-state index contributed by atoms with van der Waals surface area (Å²) in [4.78, 5) is 0. The molecular weight excluding hydrogens is 180 g/mol. The van der Waals surface area contributed by atoms with E-state index in [4.69, 9.17) is 11.6 Å². The maximum atomic E-state index is 5.91. The first-order valence-corrected chi connectivity index (χ1v) is 4.80. The highest BCUT2D eigenvalue weighted by atomic mass is 35.5. The normalized spacial score (nSPS) is 12.5. The molecule has 0 aliphatic heterocycles. The lowest BCUT2D eigenvalue weighted by Gasteiger charge is -2.12. The van der Waals surface area contributed by atoms with Crippen LogP contribution in [0.15, 0.2) is 30.9 Å². The second-order valence-electron chi connectivity index (χ2n) is 3.04. The Morgan fingerprint density at radius 1 is 1.54 bits per heavy atom. The van der Waals surface area contributed by atoms with Crippen molar-refractivity contribution < 1.29 is 0 Å². The van der Waals surface area contributed by atoms with Crippen LogP contribution in [0.25, 0.3) is 0 Å². The maximum Gasteiger partial charge on any atom is 0.0409 e. The quantitative estimate of drug-likeness (QED) is 0.637. The molecule has 0 aromatic heterocycles. The van der Waals surface area contributed by atoms with Gasteiger partial charge in [-0.25, -0.2) is 0 Å². The Morgan fingerprint density at radius 3 is 2.77 bits per heavy atom. The third-order valence-corrected chi connectivity index (χ3v) is 2.41. The Morgan fingerprint density at radius 2 is 2.23 bits per heavy atom. The van der Waals surface area contributed by atoms with Crippen LogP contribution in [-0.4, -0.2) is 0 Å². The summed E-state index contributed by atoms with van der Waals surface area (Å²) in [6.45, 7) is 9.86. The molecule has 0 spiro atoms. The Bertz CT molecular complexity index is 302. The molecule has 1 aromatic rings. The molecule has 1 atom stereocenters. The van der Waals surface area contributed by atoms with Crippen molar-refractivity contribution in [1.29, 1.82) is 0 Å². The predicted molar refractivity (Wildman–Crippen MR) is 59.1 cm³/mol. The van der Waals surface area contributed by atoms with Crippen LogP contribution in [0, 0.1) is 6.92 Å². The molecule has 0 aliphatic carbocycles. The molecular formula is C12H14Cl. The third-order valence-electron chi connectivity index (χ3n) is 2.17. The molecule has 0 aliphatic rings. The van der Waals surface area contributed by atoms with E-state index in [-0.39, 0.29) is 5.92 Å². The smallest absolute Gasteiger partial charge is 0.0409 e. The number of halogens is 1. The minimum Gasteiger partial charge on any atom is -0.102 e. The largest absolute Gasteiger partial charge is 0.102 e. The molecule has 0 amide bonds. The summed E-state index contributed by atoms with van der Waals surface area (Å²) in [6.07, 6.45) is 2.84. The summed E-state index contributed by atoms with van der Waals surface area (Å²) in [5.74, 6) is 0.133. The monoisotopic (exact) mass is 193 g/mol. The van der Waals surface area contributed by atoms with Gasteiger partial charge < -0.3 is 0 Å². The topological polar surface area (TPSA) is 0 Å². The molecule has 1 aromatic carbocycles. The lowest BCUT2D eigenvalue weighted by Crippen LogP contribution is -1.95. The molecule has 69 valence electrons. The molecule has 13 heavy (non-hydrogen) atoms. The van der Waals surface area contributed by atoms with Gasteiger partial charge in [-0.1, -0.05) is 30.7 Å². The van der Waals surface area contributed by atoms with Crippen LogP contribution in [0.2, 0.25) is 5.02 Å². The number of hydrogen-bond acceptors (Lipinski definition) is 0. The van der Waals surface area contributed by atoms with Gasteiger partial charge in [-0.15, -0.1) is 6.58 Å². The first kappa shape index (κ1) is 10.3. The van der Waals surface area contributed by atoms with Gasteiger partial charge in [-0.2, -0.15) is 0 Å². The zero-order valence-corrected chi connectivity index (χ0v) is 8.64. The number of rotatable bonds is 3. The molecule has 0 heterocycles. The molecule has 1 rings (SSSR count). The summed E-state index contributed by atoms with van der Waals surface area (Å²) in [5, 5.41) is 0.766. The van der Waals surface area contributed by atoms with E-state index in [0.29, 0.717) is 0 Å². The standard InChI is InChI=1S/C12H14Cl/c1-4-9(3)12-8-11(13)7-6-10(12)5-2/h4,6-9H,1,3,5H2,2H3. The van der Waals surface area contributed by atoms with E-state index in [1.54, 1.807) is 0 Å². The van der Waals surface area contributed by atoms with Gasteiger partial charge in [-0.05, 0) is 36.6 Å². The summed E-state index contributed by atoms with van der Waals surface area (Å²) in [7, 11) is 0. The zero-order chi connectivity index (χ0) is 9.84. The molecule has 1 heteroatoms. The maximum absolute atomic E-state index is 5.91. The molecule has 0 saturated carbocycles. The molecule has 1 radical (unpaired) electrons. The van der Waals surface area contributed by atoms with E-state index in [1.807, 2.05) is 18.2 Å². The van der Waals surface area contributed by atoms with E-state index in [9.17, 15) is 0 Å². The van der Waals surface area contributed by atoms with Crippen molar-refractivity contribution in [2.75, 3.05) is 0 Å². The Hall–Kier alpha value is -0.750. The van der Waals surface area contributed by atoms with Gasteiger partial charge in [0.05, 0.1) is 0 Å². The van der Waals surface area contributed by atoms with Gasteiger partial charge in [0, 0.05) is 10.9 Å². The summed E-state index contributed by atoms with van der Waals surface area (Å²) in [5.41, 5.74) is 2.48. The second-order valence-corrected chi connectivity index (χ2v) is 3.48. The molecule has 0 fully saturated rings. The number of aryl methyl sites for hydroxylation is 1. The van der Waals surface area contributed by atoms with Crippen molar-refractivity contribution in [3.63, 3.8) is 0 Å². The highest BCUT2D eigenvalue weighted by molar-refractivity contribution is 6.30. The Labute approximate surface area is 85.2 Å². The average Bonchev–Trinajstić information content (AvgIpc) is 2.16. The van der Waals surface area contributed by atoms with Crippen molar-refractivity contribution in [3.8, 4) is 0 Å². The van der Waals surface area contributed by atoms with Gasteiger partial charge in [0.15, 0.2) is 0 Å². The molecule has 0 bridgehead atoms. The van der Waals surface area contributed by atoms with Crippen LogP contribution in [-0.2, 0) is 6.42 Å². The fraction of sp³-hybridized carbons (Fsp3) is 0.250. The van der Waals surface area contributed by atoms with E-state index in [0.717, 1.165) is 11.4 Å². The van der Waals surface area contributed by atoms with E-state index < -0.39 is 0 Å². The molecule has 0 saturated heterocycles. The highest BCUT2D eigenvalue weighted by Crippen LogP contribution is 2.24. The summed E-state index contributed by atoms with van der Waals surface area (Å²) in [6, 6.07) is 5.94. The van der Waals surface area contributed by atoms with Crippen molar-refractivity contribution in [1.82, 2.24) is 0 Å². The van der Waals surface area contributed by atoms with E-state index in [1.165, 1.54) is 11.1 Å². The van der Waals surface area contributed by atoms with Crippen LogP contribution >= 0.6 is 11.6 Å². The predicted octanol–water partition coefficient (Wildman–Crippen LogP) is 4.01. The second kappa shape index (κ2) is 4.48. The molecule has 0 nitrogen and oxygen atoms in total. The van der Waals surface area contributed by atoms with E-state index >= 15 is 0 Å².